The molecule has 0 aliphatic carbocycles. The molecule has 0 spiro atoms. The van der Waals surface area contributed by atoms with Crippen LogP contribution in [0, 0.1) is 0 Å². The highest BCUT2D eigenvalue weighted by Gasteiger charge is 2.28. The zero-order valence-corrected chi connectivity index (χ0v) is 15.5. The maximum Gasteiger partial charge on any atom is 0.280 e. The van der Waals surface area contributed by atoms with E-state index in [1.54, 1.807) is 6.08 Å². The standard InChI is InChI=1S/C22H22N2O3/c1-4-13-27-20-12-11-17(15-21(20)26-5-2)14-19-16(3)23-24(22(19)25)18-9-7-6-8-10-18/h4,6-12,14-15H,1,5,13H2,2-3H3/b19-14+. The lowest BCUT2D eigenvalue weighted by Crippen LogP contribution is -2.21. The van der Waals surface area contributed by atoms with Gasteiger partial charge in [0.05, 0.1) is 23.6 Å². The van der Waals surface area contributed by atoms with Crippen LogP contribution >= 0.6 is 0 Å². The second kappa shape index (κ2) is 8.36. The van der Waals surface area contributed by atoms with Gasteiger partial charge in [0.2, 0.25) is 0 Å². The van der Waals surface area contributed by atoms with Crippen molar-refractivity contribution in [1.29, 1.82) is 0 Å². The van der Waals surface area contributed by atoms with Crippen molar-refractivity contribution in [3.8, 4) is 11.5 Å². The zero-order valence-electron chi connectivity index (χ0n) is 15.5. The van der Waals surface area contributed by atoms with Gasteiger partial charge in [-0.2, -0.15) is 10.1 Å². The molecule has 1 aliphatic rings. The molecule has 0 saturated heterocycles. The van der Waals surface area contributed by atoms with E-state index in [9.17, 15) is 4.79 Å². The highest BCUT2D eigenvalue weighted by molar-refractivity contribution is 6.32. The summed E-state index contributed by atoms with van der Waals surface area (Å²) < 4.78 is 11.3. The topological polar surface area (TPSA) is 51.1 Å². The molecule has 5 nitrogen and oxygen atoms in total. The number of para-hydroxylation sites is 1. The average molecular weight is 362 g/mol. The van der Waals surface area contributed by atoms with Crippen LogP contribution in [0.4, 0.5) is 5.69 Å². The lowest BCUT2D eigenvalue weighted by Gasteiger charge is -2.12. The Bertz CT molecular complexity index is 901. The number of hydrogen-bond acceptors (Lipinski definition) is 4. The molecular formula is C22H22N2O3. The van der Waals surface area contributed by atoms with Crippen molar-refractivity contribution in [1.82, 2.24) is 0 Å². The Kier molecular flexibility index (Phi) is 5.71. The number of carbonyl (C=O) groups is 1. The van der Waals surface area contributed by atoms with Crippen LogP contribution in [0.5, 0.6) is 11.5 Å². The summed E-state index contributed by atoms with van der Waals surface area (Å²) in [5, 5.41) is 5.82. The Morgan fingerprint density at radius 1 is 1.11 bits per heavy atom. The number of benzene rings is 2. The molecule has 3 rings (SSSR count). The van der Waals surface area contributed by atoms with Gasteiger partial charge in [0.1, 0.15) is 6.61 Å². The maximum atomic E-state index is 12.8. The second-order valence-electron chi connectivity index (χ2n) is 5.93. The molecule has 0 atom stereocenters. The van der Waals surface area contributed by atoms with Gasteiger partial charge in [-0.25, -0.2) is 0 Å². The third-order valence-electron chi connectivity index (χ3n) is 4.00. The van der Waals surface area contributed by atoms with Gasteiger partial charge in [-0.05, 0) is 49.8 Å². The molecule has 1 amide bonds. The highest BCUT2D eigenvalue weighted by atomic mass is 16.5. The number of nitrogens with zero attached hydrogens (tertiary/aromatic N) is 2. The molecule has 1 heterocycles. The first-order valence-corrected chi connectivity index (χ1v) is 8.81. The average Bonchev–Trinajstić information content (AvgIpc) is 2.96. The first-order chi connectivity index (χ1) is 13.1. The molecule has 0 bridgehead atoms. The number of amides is 1. The van der Waals surface area contributed by atoms with Gasteiger partial charge >= 0.3 is 0 Å². The predicted octanol–water partition coefficient (Wildman–Crippen LogP) is 4.46. The van der Waals surface area contributed by atoms with Crippen LogP contribution in [0.2, 0.25) is 0 Å². The van der Waals surface area contributed by atoms with Crippen molar-refractivity contribution in [2.45, 2.75) is 13.8 Å². The van der Waals surface area contributed by atoms with Gasteiger partial charge in [-0.15, -0.1) is 0 Å². The third-order valence-corrected chi connectivity index (χ3v) is 4.00. The Hall–Kier alpha value is -3.34. The van der Waals surface area contributed by atoms with Crippen molar-refractivity contribution < 1.29 is 14.3 Å². The summed E-state index contributed by atoms with van der Waals surface area (Å²) in [5.74, 6) is 1.13. The molecule has 1 aliphatic heterocycles. The SMILES string of the molecule is C=CCOc1ccc(/C=C2/C(=O)N(c3ccccc3)N=C2C)cc1OCC. The van der Waals surface area contributed by atoms with E-state index in [0.29, 0.717) is 36.0 Å². The normalized spacial score (nSPS) is 15.0. The predicted molar refractivity (Wildman–Crippen MR) is 108 cm³/mol. The first kappa shape index (κ1) is 18.5. The minimum Gasteiger partial charge on any atom is -0.490 e. The van der Waals surface area contributed by atoms with Crippen molar-refractivity contribution in [2.24, 2.45) is 5.10 Å². The fourth-order valence-electron chi connectivity index (χ4n) is 2.75. The molecule has 0 unspecified atom stereocenters. The quantitative estimate of drug-likeness (QED) is 0.540. The minimum atomic E-state index is -0.149. The molecule has 2 aromatic carbocycles. The summed E-state index contributed by atoms with van der Waals surface area (Å²) in [7, 11) is 0. The van der Waals surface area contributed by atoms with Gasteiger partial charge in [0.25, 0.3) is 5.91 Å². The lowest BCUT2D eigenvalue weighted by molar-refractivity contribution is -0.114. The summed E-state index contributed by atoms with van der Waals surface area (Å²) in [6, 6.07) is 15.0. The molecule has 0 N–H and O–H groups in total. The number of carbonyl (C=O) groups excluding carboxylic acids is 1. The number of ether oxygens (including phenoxy) is 2. The fraction of sp³-hybridized carbons (Fsp3) is 0.182. The van der Waals surface area contributed by atoms with E-state index in [0.717, 1.165) is 11.3 Å². The Morgan fingerprint density at radius 3 is 2.59 bits per heavy atom. The number of anilines is 1. The van der Waals surface area contributed by atoms with Gasteiger partial charge in [-0.3, -0.25) is 4.79 Å². The van der Waals surface area contributed by atoms with Crippen LogP contribution in [-0.4, -0.2) is 24.8 Å². The Balaban J connectivity index is 1.90. The van der Waals surface area contributed by atoms with Gasteiger partial charge < -0.3 is 9.47 Å². The number of rotatable bonds is 7. The molecule has 0 saturated carbocycles. The van der Waals surface area contributed by atoms with Gasteiger partial charge in [0.15, 0.2) is 11.5 Å². The van der Waals surface area contributed by atoms with Crippen LogP contribution in [-0.2, 0) is 4.79 Å². The van der Waals surface area contributed by atoms with Crippen LogP contribution in [0.1, 0.15) is 19.4 Å². The number of hydrogen-bond donors (Lipinski definition) is 0. The Labute approximate surface area is 159 Å². The summed E-state index contributed by atoms with van der Waals surface area (Å²) in [4.78, 5) is 12.8. The van der Waals surface area contributed by atoms with E-state index >= 15 is 0 Å². The summed E-state index contributed by atoms with van der Waals surface area (Å²) in [6.07, 6.45) is 3.50. The van der Waals surface area contributed by atoms with E-state index in [2.05, 4.69) is 11.7 Å². The smallest absolute Gasteiger partial charge is 0.280 e. The van der Waals surface area contributed by atoms with Crippen LogP contribution in [0.25, 0.3) is 6.08 Å². The largest absolute Gasteiger partial charge is 0.490 e. The van der Waals surface area contributed by atoms with E-state index in [1.165, 1.54) is 5.01 Å². The maximum absolute atomic E-state index is 12.8. The van der Waals surface area contributed by atoms with Crippen LogP contribution in [0.3, 0.4) is 0 Å². The monoisotopic (exact) mass is 362 g/mol. The van der Waals surface area contributed by atoms with E-state index < -0.39 is 0 Å². The molecule has 2 aromatic rings. The third kappa shape index (κ3) is 4.08. The fourth-order valence-corrected chi connectivity index (χ4v) is 2.75. The zero-order chi connectivity index (χ0) is 19.2. The summed E-state index contributed by atoms with van der Waals surface area (Å²) in [5.41, 5.74) is 2.82. The minimum absolute atomic E-state index is 0.149. The van der Waals surface area contributed by atoms with Crippen molar-refractivity contribution in [3.63, 3.8) is 0 Å². The number of hydrazone groups is 1. The summed E-state index contributed by atoms with van der Waals surface area (Å²) in [6.45, 7) is 8.32. The first-order valence-electron chi connectivity index (χ1n) is 8.81. The molecule has 5 heteroatoms. The summed E-state index contributed by atoms with van der Waals surface area (Å²) >= 11 is 0. The van der Waals surface area contributed by atoms with Crippen LogP contribution < -0.4 is 14.5 Å². The van der Waals surface area contributed by atoms with Gasteiger partial charge in [-0.1, -0.05) is 36.9 Å². The van der Waals surface area contributed by atoms with E-state index in [1.807, 2.05) is 68.5 Å². The second-order valence-corrected chi connectivity index (χ2v) is 5.93. The molecule has 138 valence electrons. The van der Waals surface area contributed by atoms with Crippen molar-refractivity contribution >= 4 is 23.4 Å². The molecular weight excluding hydrogens is 340 g/mol. The van der Waals surface area contributed by atoms with Crippen molar-refractivity contribution in [3.05, 3.63) is 72.3 Å². The van der Waals surface area contributed by atoms with E-state index in [-0.39, 0.29) is 5.91 Å². The van der Waals surface area contributed by atoms with Crippen LogP contribution in [0.15, 0.2) is 71.9 Å². The molecule has 27 heavy (non-hydrogen) atoms. The molecule has 0 radical (unpaired) electrons. The highest BCUT2D eigenvalue weighted by Crippen LogP contribution is 2.31. The van der Waals surface area contributed by atoms with E-state index in [4.69, 9.17) is 9.47 Å². The van der Waals surface area contributed by atoms with Gasteiger partial charge in [0, 0.05) is 0 Å². The Morgan fingerprint density at radius 2 is 1.89 bits per heavy atom. The van der Waals surface area contributed by atoms with Crippen molar-refractivity contribution in [2.75, 3.05) is 18.2 Å². The molecule has 0 aromatic heterocycles. The molecule has 0 fully saturated rings. The lowest BCUT2D eigenvalue weighted by atomic mass is 10.1.